The Hall–Kier alpha value is -3.10. The van der Waals surface area contributed by atoms with Crippen molar-refractivity contribution in [2.24, 2.45) is 11.8 Å². The van der Waals surface area contributed by atoms with E-state index in [1.54, 1.807) is 17.0 Å². The Morgan fingerprint density at radius 3 is 2.34 bits per heavy atom. The van der Waals surface area contributed by atoms with E-state index in [1.807, 2.05) is 47.4 Å². The molecule has 38 heavy (non-hydrogen) atoms. The smallest absolute Gasteiger partial charge is 0.414 e. The Labute approximate surface area is 231 Å². The minimum absolute atomic E-state index is 0. The average Bonchev–Trinajstić information content (AvgIpc) is 2.95. The standard InChI is InChI=1S/C29H37N3O5.ClH/c1-36-27(33)18-22-12-16-31(17-13-22)28(34)25-8-5-9-26(19-25)32(20-23-10-14-30-15-11-23)29(35)37-21-24-6-3-2-4-7-24;/h2-9,19,22-23,30H,10-18,20-21H2,1H3;1H. The highest BCUT2D eigenvalue weighted by Crippen LogP contribution is 2.26. The third kappa shape index (κ3) is 8.20. The molecule has 0 bridgehead atoms. The maximum Gasteiger partial charge on any atom is 0.414 e. The molecule has 2 aliphatic heterocycles. The van der Waals surface area contributed by atoms with Gasteiger partial charge in [-0.1, -0.05) is 36.4 Å². The number of rotatable bonds is 8. The van der Waals surface area contributed by atoms with Gasteiger partial charge in [0.15, 0.2) is 0 Å². The van der Waals surface area contributed by atoms with Gasteiger partial charge in [0.2, 0.25) is 0 Å². The molecule has 1 N–H and O–H groups in total. The van der Waals surface area contributed by atoms with E-state index in [-0.39, 0.29) is 36.8 Å². The van der Waals surface area contributed by atoms with Gasteiger partial charge in [0.1, 0.15) is 6.61 Å². The van der Waals surface area contributed by atoms with Crippen LogP contribution in [0.5, 0.6) is 0 Å². The molecular formula is C29H38ClN3O5. The summed E-state index contributed by atoms with van der Waals surface area (Å²) in [5, 5.41) is 3.37. The van der Waals surface area contributed by atoms with E-state index in [0.717, 1.165) is 44.3 Å². The first-order valence-electron chi connectivity index (χ1n) is 13.2. The van der Waals surface area contributed by atoms with Gasteiger partial charge in [0.25, 0.3) is 5.91 Å². The van der Waals surface area contributed by atoms with Crippen molar-refractivity contribution in [2.45, 2.75) is 38.7 Å². The third-order valence-corrected chi connectivity index (χ3v) is 7.31. The summed E-state index contributed by atoms with van der Waals surface area (Å²) in [6, 6.07) is 16.9. The number of hydrogen-bond acceptors (Lipinski definition) is 6. The fourth-order valence-electron chi connectivity index (χ4n) is 5.05. The van der Waals surface area contributed by atoms with E-state index in [9.17, 15) is 14.4 Å². The van der Waals surface area contributed by atoms with Gasteiger partial charge in [-0.2, -0.15) is 0 Å². The van der Waals surface area contributed by atoms with Gasteiger partial charge in [0, 0.05) is 37.3 Å². The molecule has 2 aromatic rings. The minimum atomic E-state index is -0.407. The third-order valence-electron chi connectivity index (χ3n) is 7.31. The van der Waals surface area contributed by atoms with Crippen LogP contribution in [0.1, 0.15) is 48.0 Å². The zero-order valence-electron chi connectivity index (χ0n) is 22.0. The number of anilines is 1. The average molecular weight is 544 g/mol. The second-order valence-electron chi connectivity index (χ2n) is 9.91. The van der Waals surface area contributed by atoms with E-state index < -0.39 is 6.09 Å². The van der Waals surface area contributed by atoms with Crippen molar-refractivity contribution < 1.29 is 23.9 Å². The first-order chi connectivity index (χ1) is 18.0. The van der Waals surface area contributed by atoms with Gasteiger partial charge in [-0.25, -0.2) is 4.79 Å². The maximum atomic E-state index is 13.3. The van der Waals surface area contributed by atoms with Gasteiger partial charge in [-0.05, 0) is 74.4 Å². The SMILES string of the molecule is COC(=O)CC1CCN(C(=O)c2cccc(N(CC3CCNCC3)C(=O)OCc3ccccc3)c2)CC1.Cl. The van der Waals surface area contributed by atoms with Gasteiger partial charge >= 0.3 is 12.1 Å². The highest BCUT2D eigenvalue weighted by molar-refractivity contribution is 5.97. The minimum Gasteiger partial charge on any atom is -0.469 e. The normalized spacial score (nSPS) is 16.3. The lowest BCUT2D eigenvalue weighted by Crippen LogP contribution is -2.40. The van der Waals surface area contributed by atoms with Crippen LogP contribution in [-0.2, 0) is 20.9 Å². The molecule has 206 valence electrons. The lowest BCUT2D eigenvalue weighted by molar-refractivity contribution is -0.142. The fraction of sp³-hybridized carbons (Fsp3) is 0.483. The lowest BCUT2D eigenvalue weighted by Gasteiger charge is -2.32. The molecular weight excluding hydrogens is 506 g/mol. The van der Waals surface area contributed by atoms with Crippen molar-refractivity contribution in [3.63, 3.8) is 0 Å². The Balaban J connectivity index is 0.00000400. The second kappa shape index (κ2) is 14.7. The molecule has 0 saturated carbocycles. The van der Waals surface area contributed by atoms with Crippen LogP contribution < -0.4 is 10.2 Å². The van der Waals surface area contributed by atoms with Crippen LogP contribution in [0.25, 0.3) is 0 Å². The Morgan fingerprint density at radius 2 is 1.66 bits per heavy atom. The van der Waals surface area contributed by atoms with Gasteiger partial charge in [0.05, 0.1) is 7.11 Å². The predicted octanol–water partition coefficient (Wildman–Crippen LogP) is 4.67. The Bertz CT molecular complexity index is 1050. The number of piperidine rings is 2. The van der Waals surface area contributed by atoms with Crippen molar-refractivity contribution in [2.75, 3.05) is 44.7 Å². The quantitative estimate of drug-likeness (QED) is 0.487. The molecule has 0 atom stereocenters. The molecule has 0 aliphatic carbocycles. The molecule has 2 fully saturated rings. The van der Waals surface area contributed by atoms with Crippen LogP contribution in [0.15, 0.2) is 54.6 Å². The van der Waals surface area contributed by atoms with E-state index in [0.29, 0.717) is 43.2 Å². The predicted molar refractivity (Wildman–Crippen MR) is 149 cm³/mol. The highest BCUT2D eigenvalue weighted by atomic mass is 35.5. The summed E-state index contributed by atoms with van der Waals surface area (Å²) >= 11 is 0. The van der Waals surface area contributed by atoms with Crippen molar-refractivity contribution in [3.05, 3.63) is 65.7 Å². The number of methoxy groups -OCH3 is 1. The molecule has 0 unspecified atom stereocenters. The van der Waals surface area contributed by atoms with E-state index in [4.69, 9.17) is 9.47 Å². The number of amides is 2. The van der Waals surface area contributed by atoms with Crippen LogP contribution in [0.3, 0.4) is 0 Å². The number of nitrogens with one attached hydrogen (secondary N) is 1. The Morgan fingerprint density at radius 1 is 0.947 bits per heavy atom. The zero-order valence-corrected chi connectivity index (χ0v) is 22.8. The molecule has 2 saturated heterocycles. The molecule has 8 nitrogen and oxygen atoms in total. The van der Waals surface area contributed by atoms with Crippen molar-refractivity contribution in [1.82, 2.24) is 10.2 Å². The van der Waals surface area contributed by atoms with E-state index in [1.165, 1.54) is 7.11 Å². The van der Waals surface area contributed by atoms with Crippen molar-refractivity contribution in [1.29, 1.82) is 0 Å². The summed E-state index contributed by atoms with van der Waals surface area (Å²) in [6.45, 7) is 3.81. The van der Waals surface area contributed by atoms with Gasteiger partial charge in [-0.15, -0.1) is 12.4 Å². The number of carbonyl (C=O) groups excluding carboxylic acids is 3. The number of benzene rings is 2. The second-order valence-corrected chi connectivity index (χ2v) is 9.91. The maximum absolute atomic E-state index is 13.3. The molecule has 2 amide bonds. The molecule has 9 heteroatoms. The van der Waals surface area contributed by atoms with Crippen LogP contribution in [0.4, 0.5) is 10.5 Å². The number of nitrogens with zero attached hydrogens (tertiary/aromatic N) is 2. The zero-order chi connectivity index (χ0) is 26.0. The summed E-state index contributed by atoms with van der Waals surface area (Å²) < 4.78 is 10.5. The molecule has 0 spiro atoms. The number of halogens is 1. The molecule has 0 radical (unpaired) electrons. The lowest BCUT2D eigenvalue weighted by atomic mass is 9.93. The summed E-state index contributed by atoms with van der Waals surface area (Å²) in [4.78, 5) is 41.7. The number of hydrogen-bond donors (Lipinski definition) is 1. The van der Waals surface area contributed by atoms with E-state index >= 15 is 0 Å². The van der Waals surface area contributed by atoms with Crippen molar-refractivity contribution >= 4 is 36.1 Å². The van der Waals surface area contributed by atoms with Crippen molar-refractivity contribution in [3.8, 4) is 0 Å². The van der Waals surface area contributed by atoms with Crippen LogP contribution in [0, 0.1) is 11.8 Å². The van der Waals surface area contributed by atoms with Crippen LogP contribution in [-0.4, -0.2) is 62.7 Å². The highest BCUT2D eigenvalue weighted by Gasteiger charge is 2.27. The number of esters is 1. The molecule has 2 aromatic carbocycles. The fourth-order valence-corrected chi connectivity index (χ4v) is 5.05. The Kier molecular flexibility index (Phi) is 11.4. The summed E-state index contributed by atoms with van der Waals surface area (Å²) in [5.74, 6) is 0.338. The number of likely N-dealkylation sites (tertiary alicyclic amines) is 1. The first kappa shape index (κ1) is 29.5. The van der Waals surface area contributed by atoms with Crippen LogP contribution >= 0.6 is 12.4 Å². The summed E-state index contributed by atoms with van der Waals surface area (Å²) in [6.07, 6.45) is 3.51. The topological polar surface area (TPSA) is 88.2 Å². The number of carbonyl (C=O) groups is 3. The largest absolute Gasteiger partial charge is 0.469 e. The molecule has 0 aromatic heterocycles. The molecule has 4 rings (SSSR count). The number of ether oxygens (including phenoxy) is 2. The molecule has 2 heterocycles. The first-order valence-corrected chi connectivity index (χ1v) is 13.2. The summed E-state index contributed by atoms with van der Waals surface area (Å²) in [7, 11) is 1.40. The monoisotopic (exact) mass is 543 g/mol. The van der Waals surface area contributed by atoms with Crippen LogP contribution in [0.2, 0.25) is 0 Å². The van der Waals surface area contributed by atoms with Gasteiger partial charge < -0.3 is 19.7 Å². The van der Waals surface area contributed by atoms with Gasteiger partial charge in [-0.3, -0.25) is 14.5 Å². The summed E-state index contributed by atoms with van der Waals surface area (Å²) in [5.41, 5.74) is 2.15. The molecule has 2 aliphatic rings. The van der Waals surface area contributed by atoms with E-state index in [2.05, 4.69) is 5.32 Å².